The van der Waals surface area contributed by atoms with Gasteiger partial charge in [0.25, 0.3) is 0 Å². The van der Waals surface area contributed by atoms with Crippen LogP contribution in [0.3, 0.4) is 0 Å². The summed E-state index contributed by atoms with van der Waals surface area (Å²) in [6, 6.07) is 4.66. The lowest BCUT2D eigenvalue weighted by atomic mass is 9.86. The maximum absolute atomic E-state index is 12.3. The molecule has 0 radical (unpaired) electrons. The Hall–Kier alpha value is -2.41. The van der Waals surface area contributed by atoms with E-state index in [2.05, 4.69) is 32.3 Å². The van der Waals surface area contributed by atoms with E-state index in [4.69, 9.17) is 9.47 Å². The monoisotopic (exact) mass is 396 g/mol. The number of ether oxygens (including phenoxy) is 2. The first-order chi connectivity index (χ1) is 14.3. The van der Waals surface area contributed by atoms with Crippen LogP contribution in [0.1, 0.15) is 38.5 Å². The molecular weight excluding hydrogens is 368 g/mol. The number of carbonyl (C=O) groups excluding carboxylic acids is 1. The number of morpholine rings is 1. The Kier molecular flexibility index (Phi) is 5.23. The molecule has 0 bridgehead atoms. The molecule has 3 fully saturated rings. The number of aromatic nitrogens is 2. The normalized spacial score (nSPS) is 25.0. The van der Waals surface area contributed by atoms with Gasteiger partial charge in [-0.15, -0.1) is 0 Å². The number of fused-ring (bicyclic) bond motifs is 1. The maximum Gasteiger partial charge on any atom is 0.223 e. The van der Waals surface area contributed by atoms with Gasteiger partial charge >= 0.3 is 0 Å². The highest BCUT2D eigenvalue weighted by Gasteiger charge is 2.31. The molecule has 1 aromatic heterocycles. The molecule has 154 valence electrons. The number of hydrogen-bond acceptors (Lipinski definition) is 6. The summed E-state index contributed by atoms with van der Waals surface area (Å²) in [4.78, 5) is 23.3. The van der Waals surface area contributed by atoms with Gasteiger partial charge in [0, 0.05) is 43.0 Å². The van der Waals surface area contributed by atoms with Gasteiger partial charge in [0.15, 0.2) is 0 Å². The van der Waals surface area contributed by atoms with Crippen molar-refractivity contribution in [2.45, 2.75) is 50.7 Å². The molecule has 1 amide bonds. The van der Waals surface area contributed by atoms with Crippen LogP contribution in [0.25, 0.3) is 10.9 Å². The highest BCUT2D eigenvalue weighted by Crippen LogP contribution is 2.34. The summed E-state index contributed by atoms with van der Waals surface area (Å²) in [5, 5.41) is 4.09. The first kappa shape index (κ1) is 18.6. The van der Waals surface area contributed by atoms with Crippen molar-refractivity contribution in [3.8, 4) is 5.75 Å². The average Bonchev–Trinajstić information content (AvgIpc) is 3.59. The molecule has 1 aliphatic heterocycles. The average molecular weight is 396 g/mol. The van der Waals surface area contributed by atoms with Gasteiger partial charge in [-0.3, -0.25) is 4.79 Å². The van der Waals surface area contributed by atoms with Crippen LogP contribution in [0.15, 0.2) is 24.7 Å². The number of amides is 1. The lowest BCUT2D eigenvalue weighted by Crippen LogP contribution is -2.36. The van der Waals surface area contributed by atoms with Crippen LogP contribution in [-0.2, 0) is 9.53 Å². The molecule has 2 saturated carbocycles. The fourth-order valence-electron chi connectivity index (χ4n) is 4.31. The molecule has 2 heterocycles. The lowest BCUT2D eigenvalue weighted by molar-refractivity contribution is -0.126. The number of benzene rings is 1. The van der Waals surface area contributed by atoms with E-state index >= 15 is 0 Å². The Morgan fingerprint density at radius 1 is 1.10 bits per heavy atom. The van der Waals surface area contributed by atoms with Crippen molar-refractivity contribution >= 4 is 22.5 Å². The number of carbonyl (C=O) groups is 1. The molecule has 1 aromatic carbocycles. The Morgan fingerprint density at radius 2 is 1.90 bits per heavy atom. The highest BCUT2D eigenvalue weighted by molar-refractivity contribution is 5.88. The van der Waals surface area contributed by atoms with E-state index in [0.717, 1.165) is 87.2 Å². The third-order valence-corrected chi connectivity index (χ3v) is 6.21. The van der Waals surface area contributed by atoms with Crippen molar-refractivity contribution in [1.29, 1.82) is 0 Å². The molecule has 0 spiro atoms. The van der Waals surface area contributed by atoms with E-state index in [0.29, 0.717) is 6.04 Å². The Labute approximate surface area is 170 Å². The summed E-state index contributed by atoms with van der Waals surface area (Å²) in [5.74, 6) is 1.21. The van der Waals surface area contributed by atoms with E-state index < -0.39 is 0 Å². The molecule has 3 aliphatic rings. The second-order valence-corrected chi connectivity index (χ2v) is 8.37. The Bertz CT molecular complexity index is 871. The van der Waals surface area contributed by atoms with Crippen molar-refractivity contribution in [3.63, 3.8) is 0 Å². The number of nitrogens with zero attached hydrogens (tertiary/aromatic N) is 3. The van der Waals surface area contributed by atoms with E-state index in [1.54, 1.807) is 6.33 Å². The summed E-state index contributed by atoms with van der Waals surface area (Å²) in [5.41, 5.74) is 2.02. The number of rotatable bonds is 5. The van der Waals surface area contributed by atoms with Crippen molar-refractivity contribution < 1.29 is 14.3 Å². The summed E-state index contributed by atoms with van der Waals surface area (Å²) >= 11 is 0. The van der Waals surface area contributed by atoms with E-state index in [1.165, 1.54) is 0 Å². The predicted molar refractivity (Wildman–Crippen MR) is 110 cm³/mol. The van der Waals surface area contributed by atoms with Crippen molar-refractivity contribution in [2.24, 2.45) is 5.92 Å². The molecule has 7 heteroatoms. The van der Waals surface area contributed by atoms with Gasteiger partial charge in [-0.25, -0.2) is 9.97 Å². The van der Waals surface area contributed by atoms with Crippen LogP contribution in [0.5, 0.6) is 5.75 Å². The third-order valence-electron chi connectivity index (χ3n) is 6.21. The summed E-state index contributed by atoms with van der Waals surface area (Å²) in [6.07, 6.45) is 9.40. The summed E-state index contributed by atoms with van der Waals surface area (Å²) < 4.78 is 11.9. The number of hydrogen-bond donors (Lipinski definition) is 1. The molecule has 1 saturated heterocycles. The molecule has 0 unspecified atom stereocenters. The molecule has 29 heavy (non-hydrogen) atoms. The molecule has 0 atom stereocenters. The van der Waals surface area contributed by atoms with Gasteiger partial charge < -0.3 is 19.7 Å². The molecule has 1 N–H and O–H groups in total. The van der Waals surface area contributed by atoms with Gasteiger partial charge in [0.2, 0.25) is 5.91 Å². The van der Waals surface area contributed by atoms with Crippen LogP contribution in [0, 0.1) is 5.92 Å². The van der Waals surface area contributed by atoms with Gasteiger partial charge in [-0.2, -0.15) is 0 Å². The van der Waals surface area contributed by atoms with Crippen LogP contribution in [0.2, 0.25) is 0 Å². The second-order valence-electron chi connectivity index (χ2n) is 8.37. The van der Waals surface area contributed by atoms with Crippen molar-refractivity contribution in [2.75, 3.05) is 31.2 Å². The first-order valence-electron chi connectivity index (χ1n) is 10.8. The molecule has 5 rings (SSSR count). The maximum atomic E-state index is 12.3. The van der Waals surface area contributed by atoms with Crippen LogP contribution in [-0.4, -0.2) is 54.3 Å². The largest absolute Gasteiger partial charge is 0.490 e. The smallest absolute Gasteiger partial charge is 0.223 e. The molecule has 7 nitrogen and oxygen atoms in total. The minimum absolute atomic E-state index is 0.128. The number of anilines is 1. The van der Waals surface area contributed by atoms with Crippen LogP contribution >= 0.6 is 0 Å². The SMILES string of the molecule is O=C(NC1CC1)C1CCC(Oc2cc(N3CCOCC3)cc3ncncc23)CC1. The van der Waals surface area contributed by atoms with Gasteiger partial charge in [0.1, 0.15) is 12.1 Å². The Morgan fingerprint density at radius 3 is 2.66 bits per heavy atom. The third kappa shape index (κ3) is 4.29. The standard InChI is InChI=1S/C22H28N4O3/c27-22(25-16-3-4-16)15-1-5-18(6-2-15)29-21-12-17(26-7-9-28-10-8-26)11-20-19(21)13-23-14-24-20/h11-16,18H,1-10H2,(H,25,27). The quantitative estimate of drug-likeness (QED) is 0.837. The molecule has 2 aromatic rings. The van der Waals surface area contributed by atoms with E-state index in [1.807, 2.05) is 6.20 Å². The van der Waals surface area contributed by atoms with E-state index in [9.17, 15) is 4.79 Å². The Balaban J connectivity index is 1.30. The minimum Gasteiger partial charge on any atom is -0.490 e. The van der Waals surface area contributed by atoms with Gasteiger partial charge in [-0.1, -0.05) is 0 Å². The lowest BCUT2D eigenvalue weighted by Gasteiger charge is -2.31. The van der Waals surface area contributed by atoms with Crippen molar-refractivity contribution in [1.82, 2.24) is 15.3 Å². The number of nitrogens with one attached hydrogen (secondary N) is 1. The van der Waals surface area contributed by atoms with Crippen molar-refractivity contribution in [3.05, 3.63) is 24.7 Å². The predicted octanol–water partition coefficient (Wildman–Crippen LogP) is 2.68. The zero-order chi connectivity index (χ0) is 19.6. The zero-order valence-electron chi connectivity index (χ0n) is 16.7. The van der Waals surface area contributed by atoms with E-state index in [-0.39, 0.29) is 17.9 Å². The fraction of sp³-hybridized carbons (Fsp3) is 0.591. The fourth-order valence-corrected chi connectivity index (χ4v) is 4.31. The minimum atomic E-state index is 0.128. The molecule has 2 aliphatic carbocycles. The molecular formula is C22H28N4O3. The van der Waals surface area contributed by atoms with Gasteiger partial charge in [-0.05, 0) is 44.6 Å². The first-order valence-corrected chi connectivity index (χ1v) is 10.8. The second kappa shape index (κ2) is 8.14. The van der Waals surface area contributed by atoms with Crippen LogP contribution < -0.4 is 15.0 Å². The zero-order valence-corrected chi connectivity index (χ0v) is 16.7. The summed E-state index contributed by atoms with van der Waals surface area (Å²) in [6.45, 7) is 3.23. The highest BCUT2D eigenvalue weighted by atomic mass is 16.5. The van der Waals surface area contributed by atoms with Crippen LogP contribution in [0.4, 0.5) is 5.69 Å². The topological polar surface area (TPSA) is 76.6 Å². The summed E-state index contributed by atoms with van der Waals surface area (Å²) in [7, 11) is 0. The van der Waals surface area contributed by atoms with Gasteiger partial charge in [0.05, 0.1) is 30.2 Å².